The Labute approximate surface area is 164 Å². The fourth-order valence-electron chi connectivity index (χ4n) is 2.86. The molecule has 1 amide bonds. The maximum absolute atomic E-state index is 12.9. The molecule has 0 aliphatic carbocycles. The standard InChI is InChI=1S/C20H19IN2O3/c1-2-3-12-23-16-7-5-4-6-15(16)18(24)17(20(23)26)19(25)22-14-10-8-13(21)9-11-14/h4-11,24H,2-3,12H2,1H3,(H,22,25). The number of nitrogens with zero attached hydrogens (tertiary/aromatic N) is 1. The SMILES string of the molecule is CCCCn1c(=O)c(C(=O)Nc2ccc(I)cc2)c(O)c2ccccc21. The molecule has 3 aromatic rings. The van der Waals surface area contributed by atoms with Crippen molar-refractivity contribution in [3.05, 3.63) is 68.0 Å². The second-order valence-corrected chi connectivity index (χ2v) is 7.26. The number of carbonyl (C=O) groups is 1. The van der Waals surface area contributed by atoms with E-state index in [9.17, 15) is 14.7 Å². The lowest BCUT2D eigenvalue weighted by Crippen LogP contribution is -2.30. The van der Waals surface area contributed by atoms with Gasteiger partial charge in [0, 0.05) is 21.2 Å². The minimum absolute atomic E-state index is 0.224. The van der Waals surface area contributed by atoms with Crippen LogP contribution in [0.4, 0.5) is 5.69 Å². The minimum Gasteiger partial charge on any atom is -0.506 e. The van der Waals surface area contributed by atoms with E-state index in [-0.39, 0.29) is 11.3 Å². The van der Waals surface area contributed by atoms with Gasteiger partial charge in [0.15, 0.2) is 0 Å². The second-order valence-electron chi connectivity index (χ2n) is 6.01. The van der Waals surface area contributed by atoms with E-state index in [1.54, 1.807) is 34.9 Å². The minimum atomic E-state index is -0.607. The quantitative estimate of drug-likeness (QED) is 0.554. The average Bonchev–Trinajstić information content (AvgIpc) is 2.64. The molecule has 0 fully saturated rings. The highest BCUT2D eigenvalue weighted by molar-refractivity contribution is 14.1. The lowest BCUT2D eigenvalue weighted by atomic mass is 10.1. The third-order valence-electron chi connectivity index (χ3n) is 4.21. The molecule has 1 heterocycles. The topological polar surface area (TPSA) is 71.3 Å². The Morgan fingerprint density at radius 2 is 1.85 bits per heavy atom. The van der Waals surface area contributed by atoms with E-state index in [1.165, 1.54) is 0 Å². The summed E-state index contributed by atoms with van der Waals surface area (Å²) in [5.74, 6) is -0.883. The Kier molecular flexibility index (Phi) is 5.61. The van der Waals surface area contributed by atoms with Crippen LogP contribution < -0.4 is 10.9 Å². The van der Waals surface area contributed by atoms with Crippen LogP contribution in [0.2, 0.25) is 0 Å². The van der Waals surface area contributed by atoms with Gasteiger partial charge in [0.05, 0.1) is 5.52 Å². The number of hydrogen-bond donors (Lipinski definition) is 2. The molecule has 0 spiro atoms. The Bertz CT molecular complexity index is 1010. The lowest BCUT2D eigenvalue weighted by Gasteiger charge is -2.14. The molecule has 26 heavy (non-hydrogen) atoms. The number of para-hydroxylation sites is 1. The van der Waals surface area contributed by atoms with Gasteiger partial charge in [0.2, 0.25) is 0 Å². The summed E-state index contributed by atoms with van der Waals surface area (Å²) in [6.45, 7) is 2.54. The summed E-state index contributed by atoms with van der Waals surface area (Å²) in [4.78, 5) is 25.7. The summed E-state index contributed by atoms with van der Waals surface area (Å²) in [6, 6.07) is 14.3. The van der Waals surface area contributed by atoms with Crippen LogP contribution in [-0.4, -0.2) is 15.6 Å². The van der Waals surface area contributed by atoms with Gasteiger partial charge in [-0.25, -0.2) is 0 Å². The van der Waals surface area contributed by atoms with Crippen molar-refractivity contribution in [1.82, 2.24) is 4.57 Å². The molecule has 0 radical (unpaired) electrons. The van der Waals surface area contributed by atoms with E-state index in [1.807, 2.05) is 25.1 Å². The van der Waals surface area contributed by atoms with E-state index < -0.39 is 11.5 Å². The molecule has 0 bridgehead atoms. The fourth-order valence-corrected chi connectivity index (χ4v) is 3.22. The molecule has 0 unspecified atom stereocenters. The zero-order chi connectivity index (χ0) is 18.7. The first-order valence-corrected chi connectivity index (χ1v) is 9.52. The van der Waals surface area contributed by atoms with Crippen molar-refractivity contribution in [2.75, 3.05) is 5.32 Å². The third kappa shape index (κ3) is 3.60. The zero-order valence-electron chi connectivity index (χ0n) is 14.3. The first kappa shape index (κ1) is 18.4. The molecule has 1 aromatic heterocycles. The van der Waals surface area contributed by atoms with Crippen molar-refractivity contribution in [3.8, 4) is 5.75 Å². The summed E-state index contributed by atoms with van der Waals surface area (Å²) in [7, 11) is 0. The van der Waals surface area contributed by atoms with Crippen molar-refractivity contribution in [3.63, 3.8) is 0 Å². The summed E-state index contributed by atoms with van der Waals surface area (Å²) in [6.07, 6.45) is 1.73. The first-order chi connectivity index (χ1) is 12.5. The molecule has 2 aromatic carbocycles. The van der Waals surface area contributed by atoms with Crippen LogP contribution in [0.1, 0.15) is 30.1 Å². The van der Waals surface area contributed by atoms with Gasteiger partial charge in [0.1, 0.15) is 11.3 Å². The van der Waals surface area contributed by atoms with Gasteiger partial charge in [-0.2, -0.15) is 0 Å². The molecule has 134 valence electrons. The molecule has 2 N–H and O–H groups in total. The van der Waals surface area contributed by atoms with Gasteiger partial charge in [-0.3, -0.25) is 9.59 Å². The number of unbranched alkanes of at least 4 members (excludes halogenated alkanes) is 1. The Morgan fingerprint density at radius 3 is 2.54 bits per heavy atom. The van der Waals surface area contributed by atoms with Gasteiger partial charge < -0.3 is 15.0 Å². The van der Waals surface area contributed by atoms with Crippen LogP contribution in [0.5, 0.6) is 5.75 Å². The summed E-state index contributed by atoms with van der Waals surface area (Å²) in [5, 5.41) is 13.8. The Hall–Kier alpha value is -2.35. The zero-order valence-corrected chi connectivity index (χ0v) is 16.5. The normalized spacial score (nSPS) is 10.8. The number of rotatable bonds is 5. The molecule has 5 nitrogen and oxygen atoms in total. The summed E-state index contributed by atoms with van der Waals surface area (Å²) < 4.78 is 2.61. The highest BCUT2D eigenvalue weighted by Gasteiger charge is 2.22. The third-order valence-corrected chi connectivity index (χ3v) is 4.93. The fraction of sp³-hybridized carbons (Fsp3) is 0.200. The number of aryl methyl sites for hydroxylation is 1. The van der Waals surface area contributed by atoms with Crippen LogP contribution in [-0.2, 0) is 6.54 Å². The maximum Gasteiger partial charge on any atom is 0.267 e. The van der Waals surface area contributed by atoms with Crippen molar-refractivity contribution >= 4 is 45.1 Å². The van der Waals surface area contributed by atoms with E-state index in [0.717, 1.165) is 16.4 Å². The number of aromatic nitrogens is 1. The highest BCUT2D eigenvalue weighted by atomic mass is 127. The van der Waals surface area contributed by atoms with E-state index >= 15 is 0 Å². The van der Waals surface area contributed by atoms with Crippen molar-refractivity contribution < 1.29 is 9.90 Å². The van der Waals surface area contributed by atoms with Crippen LogP contribution in [0.3, 0.4) is 0 Å². The molecule has 0 saturated carbocycles. The summed E-state index contributed by atoms with van der Waals surface area (Å²) >= 11 is 2.17. The molecule has 6 heteroatoms. The van der Waals surface area contributed by atoms with E-state index in [0.29, 0.717) is 23.1 Å². The van der Waals surface area contributed by atoms with Crippen LogP contribution in [0.15, 0.2) is 53.3 Å². The second kappa shape index (κ2) is 7.90. The number of nitrogens with one attached hydrogen (secondary N) is 1. The number of halogens is 1. The molecule has 0 atom stereocenters. The molecule has 0 aliphatic rings. The lowest BCUT2D eigenvalue weighted by molar-refractivity contribution is 0.102. The van der Waals surface area contributed by atoms with Gasteiger partial charge >= 0.3 is 0 Å². The number of fused-ring (bicyclic) bond motifs is 1. The largest absolute Gasteiger partial charge is 0.506 e. The summed E-state index contributed by atoms with van der Waals surface area (Å²) in [5.41, 5.74) is 0.507. The first-order valence-electron chi connectivity index (χ1n) is 8.44. The predicted molar refractivity (Wildman–Crippen MR) is 112 cm³/mol. The maximum atomic E-state index is 12.9. The molecule has 3 rings (SSSR count). The molecular weight excluding hydrogens is 443 g/mol. The number of aromatic hydroxyl groups is 1. The molecular formula is C20H19IN2O3. The van der Waals surface area contributed by atoms with Gasteiger partial charge in [0.25, 0.3) is 11.5 Å². The molecule has 0 aliphatic heterocycles. The Morgan fingerprint density at radius 1 is 1.15 bits per heavy atom. The van der Waals surface area contributed by atoms with Gasteiger partial charge in [-0.05, 0) is 65.4 Å². The number of hydrogen-bond acceptors (Lipinski definition) is 3. The predicted octanol–water partition coefficient (Wildman–Crippen LogP) is 4.36. The monoisotopic (exact) mass is 462 g/mol. The molecule has 0 saturated heterocycles. The van der Waals surface area contributed by atoms with Crippen molar-refractivity contribution in [2.45, 2.75) is 26.3 Å². The number of amides is 1. The number of anilines is 1. The number of benzene rings is 2. The van der Waals surface area contributed by atoms with E-state index in [2.05, 4.69) is 27.9 Å². The number of carbonyl (C=O) groups excluding carboxylic acids is 1. The van der Waals surface area contributed by atoms with Gasteiger partial charge in [-0.1, -0.05) is 25.5 Å². The Balaban J connectivity index is 2.11. The van der Waals surface area contributed by atoms with Crippen LogP contribution in [0.25, 0.3) is 10.9 Å². The van der Waals surface area contributed by atoms with Crippen LogP contribution >= 0.6 is 22.6 Å². The van der Waals surface area contributed by atoms with Gasteiger partial charge in [-0.15, -0.1) is 0 Å². The van der Waals surface area contributed by atoms with E-state index in [4.69, 9.17) is 0 Å². The van der Waals surface area contributed by atoms with Crippen molar-refractivity contribution in [2.24, 2.45) is 0 Å². The smallest absolute Gasteiger partial charge is 0.267 e. The van der Waals surface area contributed by atoms with Crippen LogP contribution in [0, 0.1) is 3.57 Å². The van der Waals surface area contributed by atoms with Crippen molar-refractivity contribution in [1.29, 1.82) is 0 Å². The highest BCUT2D eigenvalue weighted by Crippen LogP contribution is 2.27. The average molecular weight is 462 g/mol. The number of pyridine rings is 1.